The van der Waals surface area contributed by atoms with Gasteiger partial charge in [0.2, 0.25) is 0 Å². The molecule has 192 valence electrons. The summed E-state index contributed by atoms with van der Waals surface area (Å²) in [6, 6.07) is 14.6. The molecule has 0 aliphatic carbocycles. The minimum absolute atomic E-state index is 0.165. The number of ether oxygens (including phenoxy) is 1. The van der Waals surface area contributed by atoms with Crippen LogP contribution in [0.3, 0.4) is 0 Å². The predicted octanol–water partition coefficient (Wildman–Crippen LogP) is 11.5. The van der Waals surface area contributed by atoms with E-state index in [1.54, 1.807) is 0 Å². The molecule has 0 unspecified atom stereocenters. The molecule has 0 N–H and O–H groups in total. The van der Waals surface area contributed by atoms with Crippen LogP contribution in [0.5, 0.6) is 11.5 Å². The third kappa shape index (κ3) is 6.12. The zero-order chi connectivity index (χ0) is 27.1. The van der Waals surface area contributed by atoms with E-state index in [0.717, 1.165) is 24.3 Å². The van der Waals surface area contributed by atoms with E-state index in [0.29, 0.717) is 0 Å². The quantitative estimate of drug-likeness (QED) is 0.213. The normalized spacial score (nSPS) is 12.1. The second kappa shape index (κ2) is 10.3. The first kappa shape index (κ1) is 27.5. The molecule has 11 heteroatoms. The molecule has 0 amide bonds. The lowest BCUT2D eigenvalue weighted by molar-refractivity contribution is -0.138. The topological polar surface area (TPSA) is 9.23 Å². The van der Waals surface area contributed by atoms with Crippen molar-refractivity contribution in [3.8, 4) is 33.8 Å². The van der Waals surface area contributed by atoms with Gasteiger partial charge in [0, 0.05) is 42.3 Å². The van der Waals surface area contributed by atoms with Gasteiger partial charge in [-0.1, -0.05) is 58.5 Å². The zero-order valence-electron chi connectivity index (χ0n) is 18.1. The van der Waals surface area contributed by atoms with Crippen molar-refractivity contribution in [2.75, 3.05) is 0 Å². The first-order valence-electron chi connectivity index (χ1n) is 10.3. The van der Waals surface area contributed by atoms with Crippen molar-refractivity contribution in [2.45, 2.75) is 12.4 Å². The Hall–Kier alpha value is -2.58. The van der Waals surface area contributed by atoms with Crippen LogP contribution in [0.1, 0.15) is 11.1 Å². The van der Waals surface area contributed by atoms with E-state index >= 15 is 0 Å². The highest BCUT2D eigenvalue weighted by Gasteiger charge is 2.32. The maximum Gasteiger partial charge on any atom is 0.416 e. The van der Waals surface area contributed by atoms with Crippen LogP contribution < -0.4 is 4.74 Å². The van der Waals surface area contributed by atoms with Crippen LogP contribution in [0.25, 0.3) is 22.3 Å². The number of benzene rings is 4. The number of rotatable bonds is 4. The Labute approximate surface area is 227 Å². The molecule has 0 saturated heterocycles. The summed E-state index contributed by atoms with van der Waals surface area (Å²) in [5.74, 6) is 0.329. The molecule has 4 aromatic carbocycles. The molecule has 0 atom stereocenters. The third-order valence-corrected chi connectivity index (χ3v) is 6.37. The molecule has 4 rings (SSSR count). The minimum Gasteiger partial charge on any atom is -0.456 e. The van der Waals surface area contributed by atoms with Gasteiger partial charge in [-0.2, -0.15) is 26.3 Å². The Balaban J connectivity index is 1.81. The van der Waals surface area contributed by atoms with Crippen molar-refractivity contribution in [1.29, 1.82) is 0 Å². The maximum absolute atomic E-state index is 13.1. The van der Waals surface area contributed by atoms with E-state index in [1.165, 1.54) is 48.5 Å². The second-order valence-corrected chi connectivity index (χ2v) is 9.46. The SMILES string of the molecule is FC(F)(F)c1ccc(-c2cc(Cl)ccc2Oc2ccc(Cl)cc2-c2ccc(C(F)(F)F)cc2Cl)c(Cl)c1. The summed E-state index contributed by atoms with van der Waals surface area (Å²) < 4.78 is 84.7. The Morgan fingerprint density at radius 1 is 0.459 bits per heavy atom. The highest BCUT2D eigenvalue weighted by Crippen LogP contribution is 2.45. The summed E-state index contributed by atoms with van der Waals surface area (Å²) in [6.45, 7) is 0. The van der Waals surface area contributed by atoms with Gasteiger partial charge in [-0.05, 0) is 60.7 Å². The van der Waals surface area contributed by atoms with Crippen molar-refractivity contribution < 1.29 is 31.1 Å². The van der Waals surface area contributed by atoms with Crippen molar-refractivity contribution in [3.05, 3.63) is 104 Å². The second-order valence-electron chi connectivity index (χ2n) is 7.77. The zero-order valence-corrected chi connectivity index (χ0v) is 21.1. The monoisotopic (exact) mass is 594 g/mol. The summed E-state index contributed by atoms with van der Waals surface area (Å²) in [7, 11) is 0. The Morgan fingerprint density at radius 2 is 0.838 bits per heavy atom. The first-order chi connectivity index (χ1) is 17.2. The summed E-state index contributed by atoms with van der Waals surface area (Å²) in [5, 5.41) is 0.147. The summed E-state index contributed by atoms with van der Waals surface area (Å²) in [5.41, 5.74) is -0.855. The maximum atomic E-state index is 13.1. The van der Waals surface area contributed by atoms with E-state index in [-0.39, 0.29) is 53.8 Å². The lowest BCUT2D eigenvalue weighted by Crippen LogP contribution is -2.04. The Morgan fingerprint density at radius 3 is 1.16 bits per heavy atom. The van der Waals surface area contributed by atoms with Gasteiger partial charge >= 0.3 is 12.4 Å². The molecule has 0 bridgehead atoms. The van der Waals surface area contributed by atoms with Crippen molar-refractivity contribution >= 4 is 46.4 Å². The van der Waals surface area contributed by atoms with Crippen LogP contribution in [0.2, 0.25) is 20.1 Å². The fraction of sp³-hybridized carbons (Fsp3) is 0.0769. The Bertz CT molecular complexity index is 1370. The van der Waals surface area contributed by atoms with Crippen LogP contribution in [-0.2, 0) is 12.4 Å². The molecule has 1 nitrogen and oxygen atoms in total. The smallest absolute Gasteiger partial charge is 0.416 e. The Kier molecular flexibility index (Phi) is 7.64. The summed E-state index contributed by atoms with van der Waals surface area (Å²) in [6.07, 6.45) is -9.18. The van der Waals surface area contributed by atoms with Crippen LogP contribution >= 0.6 is 46.4 Å². The van der Waals surface area contributed by atoms with Gasteiger partial charge in [0.1, 0.15) is 11.5 Å². The average Bonchev–Trinajstić information content (AvgIpc) is 2.80. The number of alkyl halides is 6. The van der Waals surface area contributed by atoms with E-state index in [4.69, 9.17) is 51.1 Å². The van der Waals surface area contributed by atoms with E-state index < -0.39 is 23.5 Å². The molecule has 0 aromatic heterocycles. The summed E-state index contributed by atoms with van der Waals surface area (Å²) in [4.78, 5) is 0. The fourth-order valence-corrected chi connectivity index (χ4v) is 4.45. The molecular formula is C26H12Cl4F6O. The molecular weight excluding hydrogens is 584 g/mol. The first-order valence-corrected chi connectivity index (χ1v) is 11.8. The minimum atomic E-state index is -4.59. The third-order valence-electron chi connectivity index (χ3n) is 5.28. The molecule has 0 aliphatic rings. The van der Waals surface area contributed by atoms with Gasteiger partial charge in [-0.15, -0.1) is 0 Å². The van der Waals surface area contributed by atoms with E-state index in [2.05, 4.69) is 0 Å². The lowest BCUT2D eigenvalue weighted by Gasteiger charge is -2.18. The highest BCUT2D eigenvalue weighted by atomic mass is 35.5. The number of hydrogen-bond donors (Lipinski definition) is 0. The molecule has 4 aromatic rings. The van der Waals surface area contributed by atoms with Crippen LogP contribution in [0.4, 0.5) is 26.3 Å². The van der Waals surface area contributed by atoms with Crippen molar-refractivity contribution in [1.82, 2.24) is 0 Å². The van der Waals surface area contributed by atoms with Crippen LogP contribution in [0.15, 0.2) is 72.8 Å². The number of hydrogen-bond acceptors (Lipinski definition) is 1. The highest BCUT2D eigenvalue weighted by molar-refractivity contribution is 6.34. The van der Waals surface area contributed by atoms with Crippen LogP contribution in [0, 0.1) is 0 Å². The molecule has 0 fully saturated rings. The van der Waals surface area contributed by atoms with Gasteiger partial charge in [-0.3, -0.25) is 0 Å². The molecule has 0 heterocycles. The number of halogens is 10. The van der Waals surface area contributed by atoms with Crippen LogP contribution in [-0.4, -0.2) is 0 Å². The molecule has 0 saturated carbocycles. The lowest BCUT2D eigenvalue weighted by atomic mass is 10.0. The van der Waals surface area contributed by atoms with E-state index in [1.807, 2.05) is 0 Å². The van der Waals surface area contributed by atoms with Gasteiger partial charge in [0.15, 0.2) is 0 Å². The van der Waals surface area contributed by atoms with E-state index in [9.17, 15) is 26.3 Å². The fourth-order valence-electron chi connectivity index (χ4n) is 3.54. The van der Waals surface area contributed by atoms with Gasteiger partial charge in [-0.25, -0.2) is 0 Å². The van der Waals surface area contributed by atoms with Gasteiger partial charge in [0.05, 0.1) is 11.1 Å². The average molecular weight is 596 g/mol. The predicted molar refractivity (Wildman–Crippen MR) is 134 cm³/mol. The standard InChI is InChI=1S/C26H12Cl4F6O/c27-15-3-7-23(19(11-15)17-5-1-13(9-21(17)29)25(31,32)33)37-24-8-4-16(28)12-20(24)18-6-2-14(10-22(18)30)26(34,35)36/h1-12H. The largest absolute Gasteiger partial charge is 0.456 e. The summed E-state index contributed by atoms with van der Waals surface area (Å²) >= 11 is 24.7. The molecule has 0 spiro atoms. The molecule has 37 heavy (non-hydrogen) atoms. The van der Waals surface area contributed by atoms with Crippen molar-refractivity contribution in [3.63, 3.8) is 0 Å². The van der Waals surface area contributed by atoms with Gasteiger partial charge < -0.3 is 4.74 Å². The molecule has 0 aliphatic heterocycles. The van der Waals surface area contributed by atoms with Gasteiger partial charge in [0.25, 0.3) is 0 Å². The molecule has 0 radical (unpaired) electrons. The van der Waals surface area contributed by atoms with Crippen molar-refractivity contribution in [2.24, 2.45) is 0 Å².